The van der Waals surface area contributed by atoms with Gasteiger partial charge in [0, 0.05) is 13.0 Å². The number of hydrogen-bond acceptors (Lipinski definition) is 8. The zero-order valence-corrected chi connectivity index (χ0v) is 25.4. The number of aliphatic hydroxyl groups excluding tert-OH is 2. The minimum absolute atomic E-state index is 0.00329. The second-order valence-corrected chi connectivity index (χ2v) is 11.9. The molecule has 0 heterocycles. The summed E-state index contributed by atoms with van der Waals surface area (Å²) in [5.74, 6) is -1.79. The maximum atomic E-state index is 13.0. The lowest BCUT2D eigenvalue weighted by Gasteiger charge is -2.35. The number of hydrogen-bond donors (Lipinski definition) is 5. The van der Waals surface area contributed by atoms with Gasteiger partial charge in [-0.1, -0.05) is 49.6 Å². The molecule has 5 N–H and O–H groups in total. The van der Waals surface area contributed by atoms with Crippen LogP contribution in [0.3, 0.4) is 0 Å². The summed E-state index contributed by atoms with van der Waals surface area (Å²) in [4.78, 5) is 50.3. The average Bonchev–Trinajstić information content (AvgIpc) is 2.95. The van der Waals surface area contributed by atoms with E-state index in [1.54, 1.807) is 20.8 Å². The first-order chi connectivity index (χ1) is 19.9. The van der Waals surface area contributed by atoms with E-state index in [1.807, 2.05) is 30.3 Å². The number of aliphatic hydroxyl groups is 2. The van der Waals surface area contributed by atoms with Gasteiger partial charge in [-0.3, -0.25) is 14.4 Å². The van der Waals surface area contributed by atoms with Crippen LogP contribution in [-0.2, 0) is 30.3 Å². The molecule has 0 bridgehead atoms. The van der Waals surface area contributed by atoms with Gasteiger partial charge in [0.05, 0.1) is 31.8 Å². The summed E-state index contributed by atoms with van der Waals surface area (Å²) in [7, 11) is 1.24. The number of amides is 3. The minimum Gasteiger partial charge on any atom is -0.469 e. The molecule has 236 valence electrons. The molecule has 2 rings (SSSR count). The molecule has 0 aromatic heterocycles. The molecule has 3 unspecified atom stereocenters. The molecule has 11 nitrogen and oxygen atoms in total. The van der Waals surface area contributed by atoms with Gasteiger partial charge in [0.1, 0.15) is 11.6 Å². The number of esters is 1. The average molecular weight is 592 g/mol. The fraction of sp³-hybridized carbons (Fsp3) is 0.677. The van der Waals surface area contributed by atoms with Crippen LogP contribution in [0.5, 0.6) is 0 Å². The van der Waals surface area contributed by atoms with Crippen molar-refractivity contribution in [3.8, 4) is 0 Å². The van der Waals surface area contributed by atoms with Crippen LogP contribution in [0.1, 0.15) is 84.1 Å². The number of ether oxygens (including phenoxy) is 2. The number of benzene rings is 1. The number of carbonyl (C=O) groups excluding carboxylic acids is 4. The van der Waals surface area contributed by atoms with Crippen molar-refractivity contribution in [2.24, 2.45) is 5.92 Å². The van der Waals surface area contributed by atoms with Crippen molar-refractivity contribution in [1.29, 1.82) is 0 Å². The highest BCUT2D eigenvalue weighted by Gasteiger charge is 2.37. The summed E-state index contributed by atoms with van der Waals surface area (Å²) >= 11 is 0. The molecule has 0 saturated heterocycles. The van der Waals surface area contributed by atoms with E-state index in [4.69, 9.17) is 4.74 Å². The van der Waals surface area contributed by atoms with Crippen molar-refractivity contribution in [3.05, 3.63) is 35.9 Å². The number of alkyl carbamates (subject to hydrolysis) is 1. The van der Waals surface area contributed by atoms with E-state index in [1.165, 1.54) is 7.11 Å². The van der Waals surface area contributed by atoms with Crippen LogP contribution in [0.15, 0.2) is 30.3 Å². The fourth-order valence-corrected chi connectivity index (χ4v) is 5.10. The predicted molar refractivity (Wildman–Crippen MR) is 157 cm³/mol. The van der Waals surface area contributed by atoms with E-state index >= 15 is 0 Å². The Kier molecular flexibility index (Phi) is 14.8. The summed E-state index contributed by atoms with van der Waals surface area (Å²) in [5.41, 5.74) is 0.342. The SMILES string of the molecule is COC(=O)CC[C@H](NC(=O)CC(O)C(NC(=O)OC(C)(C)C)C(O)C1CCCCC1)C(=O)NCCCc1ccccc1. The van der Waals surface area contributed by atoms with Gasteiger partial charge in [-0.05, 0) is 64.4 Å². The lowest BCUT2D eigenvalue weighted by molar-refractivity contribution is -0.141. The zero-order chi connectivity index (χ0) is 31.1. The van der Waals surface area contributed by atoms with Crippen molar-refractivity contribution >= 4 is 23.9 Å². The highest BCUT2D eigenvalue weighted by atomic mass is 16.6. The molecule has 1 aromatic carbocycles. The topological polar surface area (TPSA) is 163 Å². The van der Waals surface area contributed by atoms with Gasteiger partial charge in [-0.25, -0.2) is 4.79 Å². The smallest absolute Gasteiger partial charge is 0.408 e. The van der Waals surface area contributed by atoms with Crippen molar-refractivity contribution in [1.82, 2.24) is 16.0 Å². The molecule has 11 heteroatoms. The molecule has 0 radical (unpaired) electrons. The van der Waals surface area contributed by atoms with Crippen LogP contribution in [0.4, 0.5) is 4.79 Å². The van der Waals surface area contributed by atoms with Gasteiger partial charge in [0.15, 0.2) is 0 Å². The minimum atomic E-state index is -1.45. The number of rotatable bonds is 15. The third-order valence-electron chi connectivity index (χ3n) is 7.29. The van der Waals surface area contributed by atoms with Crippen molar-refractivity contribution in [2.45, 2.75) is 115 Å². The molecule has 0 spiro atoms. The Hall–Kier alpha value is -3.18. The molecule has 0 aliphatic heterocycles. The van der Waals surface area contributed by atoms with Gasteiger partial charge in [-0.15, -0.1) is 0 Å². The molecule has 1 saturated carbocycles. The second-order valence-electron chi connectivity index (χ2n) is 11.9. The molecule has 3 amide bonds. The first-order valence-electron chi connectivity index (χ1n) is 14.9. The van der Waals surface area contributed by atoms with Crippen LogP contribution >= 0.6 is 0 Å². The molecular formula is C31H49N3O8. The Bertz CT molecular complexity index is 992. The highest BCUT2D eigenvalue weighted by Crippen LogP contribution is 2.29. The Balaban J connectivity index is 2.03. The molecule has 4 atom stereocenters. The summed E-state index contributed by atoms with van der Waals surface area (Å²) in [6.07, 6.45) is 1.92. The normalized spacial score (nSPS) is 16.8. The van der Waals surface area contributed by atoms with Gasteiger partial charge >= 0.3 is 12.1 Å². The van der Waals surface area contributed by atoms with Crippen LogP contribution in [0, 0.1) is 5.92 Å². The lowest BCUT2D eigenvalue weighted by atomic mass is 9.81. The predicted octanol–water partition coefficient (Wildman–Crippen LogP) is 2.76. The quantitative estimate of drug-likeness (QED) is 0.154. The van der Waals surface area contributed by atoms with Crippen LogP contribution < -0.4 is 16.0 Å². The molecule has 1 fully saturated rings. The monoisotopic (exact) mass is 591 g/mol. The maximum absolute atomic E-state index is 13.0. The molecule has 1 aliphatic rings. The van der Waals surface area contributed by atoms with E-state index in [9.17, 15) is 29.4 Å². The second kappa shape index (κ2) is 17.7. The van der Waals surface area contributed by atoms with Gasteiger partial charge in [0.25, 0.3) is 0 Å². The van der Waals surface area contributed by atoms with Crippen molar-refractivity contribution in [2.75, 3.05) is 13.7 Å². The number of aryl methyl sites for hydroxylation is 1. The number of nitrogens with one attached hydrogen (secondary N) is 3. The fourth-order valence-electron chi connectivity index (χ4n) is 5.10. The van der Waals surface area contributed by atoms with Crippen LogP contribution in [0.25, 0.3) is 0 Å². The Morgan fingerprint density at radius 2 is 1.67 bits per heavy atom. The van der Waals surface area contributed by atoms with E-state index in [0.717, 1.165) is 44.1 Å². The number of methoxy groups -OCH3 is 1. The maximum Gasteiger partial charge on any atom is 0.408 e. The van der Waals surface area contributed by atoms with E-state index in [2.05, 4.69) is 20.7 Å². The zero-order valence-electron chi connectivity index (χ0n) is 25.4. The molecule has 1 aliphatic carbocycles. The van der Waals surface area contributed by atoms with Crippen LogP contribution in [0.2, 0.25) is 0 Å². The largest absolute Gasteiger partial charge is 0.469 e. The summed E-state index contributed by atoms with van der Waals surface area (Å²) in [5, 5.41) is 30.2. The summed E-state index contributed by atoms with van der Waals surface area (Å²) < 4.78 is 10.0. The molecular weight excluding hydrogens is 542 g/mol. The summed E-state index contributed by atoms with van der Waals surface area (Å²) in [6.45, 7) is 5.47. The van der Waals surface area contributed by atoms with E-state index in [-0.39, 0.29) is 18.8 Å². The Morgan fingerprint density at radius 1 is 1.00 bits per heavy atom. The lowest BCUT2D eigenvalue weighted by Crippen LogP contribution is -2.56. The van der Waals surface area contributed by atoms with Gasteiger partial charge < -0.3 is 35.6 Å². The third kappa shape index (κ3) is 13.2. The summed E-state index contributed by atoms with van der Waals surface area (Å²) in [6, 6.07) is 7.63. The molecule has 42 heavy (non-hydrogen) atoms. The van der Waals surface area contributed by atoms with E-state index < -0.39 is 60.2 Å². The van der Waals surface area contributed by atoms with Gasteiger partial charge in [0.2, 0.25) is 11.8 Å². The third-order valence-corrected chi connectivity index (χ3v) is 7.29. The Labute approximate surface area is 249 Å². The first kappa shape index (κ1) is 35.0. The van der Waals surface area contributed by atoms with Crippen molar-refractivity contribution in [3.63, 3.8) is 0 Å². The first-order valence-corrected chi connectivity index (χ1v) is 14.9. The highest BCUT2D eigenvalue weighted by molar-refractivity contribution is 5.88. The molecule has 1 aromatic rings. The van der Waals surface area contributed by atoms with Crippen LogP contribution in [-0.4, -0.2) is 77.6 Å². The standard InChI is InChI=1S/C31H49N3O8/c1-31(2,3)42-30(40)34-27(28(38)22-15-9-6-10-16-22)24(35)20-25(36)33-23(17-18-26(37)41-4)29(39)32-19-11-14-21-12-7-5-8-13-21/h5,7-8,12-13,22-24,27-28,35,38H,6,9-11,14-20H2,1-4H3,(H,32,39)(H,33,36)(H,34,40)/t23-,24?,27?,28?/m0/s1. The van der Waals surface area contributed by atoms with Gasteiger partial charge in [-0.2, -0.15) is 0 Å². The van der Waals surface area contributed by atoms with E-state index in [0.29, 0.717) is 13.0 Å². The Morgan fingerprint density at radius 3 is 2.29 bits per heavy atom. The van der Waals surface area contributed by atoms with Crippen molar-refractivity contribution < 1.29 is 38.9 Å². The number of carbonyl (C=O) groups is 4.